The molecule has 2 heterocycles. The van der Waals surface area contributed by atoms with Gasteiger partial charge in [-0.2, -0.15) is 0 Å². The van der Waals surface area contributed by atoms with Crippen molar-refractivity contribution in [3.8, 4) is 5.75 Å². The lowest BCUT2D eigenvalue weighted by Gasteiger charge is -2.26. The van der Waals surface area contributed by atoms with E-state index in [4.69, 9.17) is 4.74 Å². The fourth-order valence-electron chi connectivity index (χ4n) is 4.24. The number of fused-ring (bicyclic) bond motifs is 1. The number of ketones is 1. The van der Waals surface area contributed by atoms with E-state index in [0.717, 1.165) is 22.0 Å². The molecular formula is C25H27N3O4. The minimum Gasteiger partial charge on any atom is -0.507 e. The third-order valence-electron chi connectivity index (χ3n) is 5.91. The predicted octanol–water partition coefficient (Wildman–Crippen LogP) is 3.47. The lowest BCUT2D eigenvalue weighted by Crippen LogP contribution is -2.35. The molecule has 0 saturated carbocycles. The summed E-state index contributed by atoms with van der Waals surface area (Å²) < 4.78 is 5.31. The fourth-order valence-corrected chi connectivity index (χ4v) is 4.24. The second kappa shape index (κ2) is 8.51. The summed E-state index contributed by atoms with van der Waals surface area (Å²) in [5.41, 5.74) is 3.08. The molecule has 1 amide bonds. The van der Waals surface area contributed by atoms with E-state index in [1.807, 2.05) is 56.4 Å². The second-order valence-electron chi connectivity index (χ2n) is 8.27. The normalized spacial score (nSPS) is 18.2. The lowest BCUT2D eigenvalue weighted by atomic mass is 9.94. The Kier molecular flexibility index (Phi) is 5.76. The molecule has 1 aromatic heterocycles. The minimum atomic E-state index is -0.687. The smallest absolute Gasteiger partial charge is 0.295 e. The van der Waals surface area contributed by atoms with Crippen LogP contribution < -0.4 is 4.74 Å². The highest BCUT2D eigenvalue weighted by molar-refractivity contribution is 6.46. The highest BCUT2D eigenvalue weighted by atomic mass is 16.5. The lowest BCUT2D eigenvalue weighted by molar-refractivity contribution is -0.140. The quantitative estimate of drug-likeness (QED) is 0.353. The number of likely N-dealkylation sites (tertiary alicyclic amines) is 1. The van der Waals surface area contributed by atoms with Gasteiger partial charge in [-0.3, -0.25) is 9.59 Å². The van der Waals surface area contributed by atoms with Crippen LogP contribution in [-0.2, 0) is 9.59 Å². The summed E-state index contributed by atoms with van der Waals surface area (Å²) in [7, 11) is 5.41. The molecule has 2 aromatic carbocycles. The number of hydrogen-bond donors (Lipinski definition) is 2. The third kappa shape index (κ3) is 3.65. The average molecular weight is 434 g/mol. The van der Waals surface area contributed by atoms with Gasteiger partial charge in [0.05, 0.1) is 18.7 Å². The fraction of sp³-hybridized carbons (Fsp3) is 0.280. The van der Waals surface area contributed by atoms with Crippen LogP contribution in [0.1, 0.15) is 22.7 Å². The van der Waals surface area contributed by atoms with Crippen LogP contribution >= 0.6 is 0 Å². The molecule has 0 spiro atoms. The number of carbonyl (C=O) groups excluding carboxylic acids is 2. The van der Waals surface area contributed by atoms with Crippen molar-refractivity contribution in [1.29, 1.82) is 0 Å². The van der Waals surface area contributed by atoms with E-state index in [-0.39, 0.29) is 11.3 Å². The van der Waals surface area contributed by atoms with Crippen LogP contribution in [0.5, 0.6) is 5.75 Å². The first-order chi connectivity index (χ1) is 15.3. The number of rotatable bonds is 6. The number of aliphatic hydroxyl groups is 1. The molecule has 1 saturated heterocycles. The summed E-state index contributed by atoms with van der Waals surface area (Å²) >= 11 is 0. The number of para-hydroxylation sites is 1. The second-order valence-corrected chi connectivity index (χ2v) is 8.27. The number of carbonyl (C=O) groups is 2. The highest BCUT2D eigenvalue weighted by Gasteiger charge is 2.46. The van der Waals surface area contributed by atoms with Gasteiger partial charge >= 0.3 is 0 Å². The number of aromatic nitrogens is 1. The Balaban J connectivity index is 1.90. The van der Waals surface area contributed by atoms with E-state index >= 15 is 0 Å². The zero-order valence-corrected chi connectivity index (χ0v) is 18.7. The first-order valence-corrected chi connectivity index (χ1v) is 10.5. The van der Waals surface area contributed by atoms with Crippen molar-refractivity contribution in [3.63, 3.8) is 0 Å². The molecule has 2 N–H and O–H groups in total. The molecule has 1 aliphatic heterocycles. The molecule has 3 aromatic rings. The Morgan fingerprint density at radius 2 is 1.94 bits per heavy atom. The topological polar surface area (TPSA) is 85.9 Å². The van der Waals surface area contributed by atoms with E-state index < -0.39 is 17.7 Å². The standard InChI is InChI=1S/C25H27N3O4/c1-15-13-16(9-10-20(15)32-4)23(29)21-22(18-14-26-19-8-6-5-7-17(18)19)28(12-11-27(2)3)25(31)24(21)30/h5-10,13-14,22,26,29H,11-12H2,1-4H3/b23-21+. The summed E-state index contributed by atoms with van der Waals surface area (Å²) in [4.78, 5) is 33.0. The molecule has 7 nitrogen and oxygen atoms in total. The first kappa shape index (κ1) is 21.6. The van der Waals surface area contributed by atoms with Gasteiger partial charge in [0.2, 0.25) is 0 Å². The molecule has 0 aliphatic carbocycles. The average Bonchev–Trinajstić information content (AvgIpc) is 3.30. The maximum absolute atomic E-state index is 13.2. The van der Waals surface area contributed by atoms with Crippen molar-refractivity contribution in [3.05, 3.63) is 70.9 Å². The number of likely N-dealkylation sites (N-methyl/N-ethyl adjacent to an activating group) is 1. The van der Waals surface area contributed by atoms with Crippen LogP contribution in [0.3, 0.4) is 0 Å². The van der Waals surface area contributed by atoms with Crippen LogP contribution in [-0.4, -0.2) is 65.9 Å². The largest absolute Gasteiger partial charge is 0.507 e. The minimum absolute atomic E-state index is 0.100. The van der Waals surface area contributed by atoms with Gasteiger partial charge < -0.3 is 24.6 Å². The number of amides is 1. The summed E-state index contributed by atoms with van der Waals surface area (Å²) in [5.74, 6) is -0.781. The Hall–Kier alpha value is -3.58. The van der Waals surface area contributed by atoms with Gasteiger partial charge in [0.15, 0.2) is 0 Å². The maximum Gasteiger partial charge on any atom is 0.295 e. The Morgan fingerprint density at radius 1 is 1.19 bits per heavy atom. The van der Waals surface area contributed by atoms with Crippen LogP contribution in [0.25, 0.3) is 16.7 Å². The number of ether oxygens (including phenoxy) is 1. The summed E-state index contributed by atoms with van der Waals surface area (Å²) in [6.07, 6.45) is 1.82. The number of nitrogens with one attached hydrogen (secondary N) is 1. The van der Waals surface area contributed by atoms with Crippen molar-refractivity contribution < 1.29 is 19.4 Å². The van der Waals surface area contributed by atoms with Crippen LogP contribution in [0.4, 0.5) is 0 Å². The Morgan fingerprint density at radius 3 is 2.62 bits per heavy atom. The Bertz CT molecular complexity index is 1220. The SMILES string of the molecule is COc1ccc(/C(O)=C2\C(=O)C(=O)N(CCN(C)C)C2c2c[nH]c3ccccc23)cc1C. The number of aromatic amines is 1. The predicted molar refractivity (Wildman–Crippen MR) is 124 cm³/mol. The van der Waals surface area contributed by atoms with E-state index in [1.165, 1.54) is 0 Å². The van der Waals surface area contributed by atoms with E-state index in [2.05, 4.69) is 4.98 Å². The summed E-state index contributed by atoms with van der Waals surface area (Å²) in [6, 6.07) is 12.2. The molecule has 4 rings (SSSR count). The van der Waals surface area contributed by atoms with Gasteiger partial charge in [-0.15, -0.1) is 0 Å². The van der Waals surface area contributed by atoms with Crippen LogP contribution in [0.15, 0.2) is 54.2 Å². The number of Topliss-reactive ketones (excluding diaryl/α,β-unsaturated/α-hetero) is 1. The molecule has 0 radical (unpaired) electrons. The van der Waals surface area contributed by atoms with E-state index in [1.54, 1.807) is 30.2 Å². The van der Waals surface area contributed by atoms with Crippen molar-refractivity contribution in [2.24, 2.45) is 0 Å². The van der Waals surface area contributed by atoms with Gasteiger partial charge in [0, 0.05) is 41.3 Å². The number of hydrogen-bond acceptors (Lipinski definition) is 5. The van der Waals surface area contributed by atoms with Crippen molar-refractivity contribution in [2.75, 3.05) is 34.3 Å². The molecule has 1 atom stereocenters. The van der Waals surface area contributed by atoms with E-state index in [0.29, 0.717) is 24.4 Å². The monoisotopic (exact) mass is 433 g/mol. The van der Waals surface area contributed by atoms with Gasteiger partial charge in [-0.25, -0.2) is 0 Å². The third-order valence-corrected chi connectivity index (χ3v) is 5.91. The molecule has 0 bridgehead atoms. The molecule has 166 valence electrons. The van der Waals surface area contributed by atoms with Crippen molar-refractivity contribution in [1.82, 2.24) is 14.8 Å². The number of nitrogens with zero attached hydrogens (tertiary/aromatic N) is 2. The number of H-pyrrole nitrogens is 1. The van der Waals surface area contributed by atoms with Crippen LogP contribution in [0, 0.1) is 6.92 Å². The van der Waals surface area contributed by atoms with Crippen molar-refractivity contribution >= 4 is 28.4 Å². The Labute approximate surface area is 186 Å². The number of aryl methyl sites for hydroxylation is 1. The van der Waals surface area contributed by atoms with Gasteiger partial charge in [0.1, 0.15) is 11.5 Å². The maximum atomic E-state index is 13.2. The van der Waals surface area contributed by atoms with Gasteiger partial charge in [0.25, 0.3) is 11.7 Å². The molecule has 32 heavy (non-hydrogen) atoms. The number of methoxy groups -OCH3 is 1. The molecule has 1 fully saturated rings. The molecular weight excluding hydrogens is 406 g/mol. The zero-order chi connectivity index (χ0) is 23.0. The number of benzene rings is 2. The highest BCUT2D eigenvalue weighted by Crippen LogP contribution is 2.42. The first-order valence-electron chi connectivity index (χ1n) is 10.5. The summed E-state index contributed by atoms with van der Waals surface area (Å²) in [5, 5.41) is 12.2. The zero-order valence-electron chi connectivity index (χ0n) is 18.7. The van der Waals surface area contributed by atoms with E-state index in [9.17, 15) is 14.7 Å². The molecule has 7 heteroatoms. The number of aliphatic hydroxyl groups excluding tert-OH is 1. The van der Waals surface area contributed by atoms with Gasteiger partial charge in [-0.1, -0.05) is 18.2 Å². The van der Waals surface area contributed by atoms with Gasteiger partial charge in [-0.05, 0) is 50.8 Å². The van der Waals surface area contributed by atoms with Crippen LogP contribution in [0.2, 0.25) is 0 Å². The molecule has 1 aliphatic rings. The molecule has 1 unspecified atom stereocenters. The van der Waals surface area contributed by atoms with Crippen molar-refractivity contribution in [2.45, 2.75) is 13.0 Å². The summed E-state index contributed by atoms with van der Waals surface area (Å²) in [6.45, 7) is 2.82.